The first-order valence-corrected chi connectivity index (χ1v) is 7.79. The van der Waals surface area contributed by atoms with E-state index in [9.17, 15) is 0 Å². The Balaban J connectivity index is 1.79. The van der Waals surface area contributed by atoms with Crippen molar-refractivity contribution in [2.45, 2.75) is 38.6 Å². The highest BCUT2D eigenvalue weighted by molar-refractivity contribution is 9.10. The summed E-state index contributed by atoms with van der Waals surface area (Å²) in [4.78, 5) is 2.62. The highest BCUT2D eigenvalue weighted by Crippen LogP contribution is 2.21. The smallest absolute Gasteiger partial charge is 0.0485 e. The topological polar surface area (TPSA) is 15.3 Å². The van der Waals surface area contributed by atoms with Gasteiger partial charge in [-0.2, -0.15) is 0 Å². The number of nitrogens with zero attached hydrogens (tertiary/aromatic N) is 1. The van der Waals surface area contributed by atoms with Crippen LogP contribution in [0.2, 0.25) is 0 Å². The molecular weight excluding hydrogens is 288 g/mol. The lowest BCUT2D eigenvalue weighted by Gasteiger charge is -2.27. The Kier molecular flexibility index (Phi) is 5.51. The van der Waals surface area contributed by atoms with Gasteiger partial charge in [-0.3, -0.25) is 4.90 Å². The van der Waals surface area contributed by atoms with Gasteiger partial charge in [0.05, 0.1) is 0 Å². The average molecular weight is 311 g/mol. The van der Waals surface area contributed by atoms with E-state index in [-0.39, 0.29) is 0 Å². The normalized spacial score (nSPS) is 21.6. The van der Waals surface area contributed by atoms with Crippen molar-refractivity contribution in [2.75, 3.05) is 25.0 Å². The van der Waals surface area contributed by atoms with Crippen LogP contribution in [0, 0.1) is 0 Å². The van der Waals surface area contributed by atoms with E-state index in [1.165, 1.54) is 37.9 Å². The van der Waals surface area contributed by atoms with Crippen molar-refractivity contribution >= 4 is 21.6 Å². The van der Waals surface area contributed by atoms with Gasteiger partial charge in [0.2, 0.25) is 0 Å². The second-order valence-corrected chi connectivity index (χ2v) is 6.00. The van der Waals surface area contributed by atoms with Gasteiger partial charge in [0.1, 0.15) is 0 Å². The molecule has 1 aromatic carbocycles. The third-order valence-corrected chi connectivity index (χ3v) is 4.47. The summed E-state index contributed by atoms with van der Waals surface area (Å²) >= 11 is 3.57. The Bertz CT molecular complexity index is 367. The monoisotopic (exact) mass is 310 g/mol. The van der Waals surface area contributed by atoms with Gasteiger partial charge in [0, 0.05) is 29.3 Å². The molecule has 0 aromatic heterocycles. The van der Waals surface area contributed by atoms with E-state index < -0.39 is 0 Å². The first-order chi connectivity index (χ1) is 8.77. The molecule has 1 heterocycles. The van der Waals surface area contributed by atoms with Gasteiger partial charge < -0.3 is 5.32 Å². The Hall–Kier alpha value is -0.540. The third kappa shape index (κ3) is 3.99. The van der Waals surface area contributed by atoms with E-state index in [4.69, 9.17) is 0 Å². The predicted octanol–water partition coefficient (Wildman–Crippen LogP) is 4.13. The van der Waals surface area contributed by atoms with Gasteiger partial charge in [0.15, 0.2) is 0 Å². The molecule has 1 atom stereocenters. The quantitative estimate of drug-likeness (QED) is 0.899. The van der Waals surface area contributed by atoms with Crippen molar-refractivity contribution in [3.8, 4) is 0 Å². The van der Waals surface area contributed by atoms with Gasteiger partial charge in [0.25, 0.3) is 0 Å². The molecule has 1 aliphatic heterocycles. The lowest BCUT2D eigenvalue weighted by molar-refractivity contribution is 0.222. The summed E-state index contributed by atoms with van der Waals surface area (Å²) in [6, 6.07) is 9.06. The molecule has 1 fully saturated rings. The fourth-order valence-electron chi connectivity index (χ4n) is 2.61. The lowest BCUT2D eigenvalue weighted by Crippen LogP contribution is -2.36. The van der Waals surface area contributed by atoms with Gasteiger partial charge >= 0.3 is 0 Å². The Morgan fingerprint density at radius 2 is 2.11 bits per heavy atom. The van der Waals surface area contributed by atoms with Crippen LogP contribution in [0.3, 0.4) is 0 Å². The summed E-state index contributed by atoms with van der Waals surface area (Å²) in [5.74, 6) is 0. The highest BCUT2D eigenvalue weighted by Gasteiger charge is 2.15. The third-order valence-electron chi connectivity index (χ3n) is 3.78. The Morgan fingerprint density at radius 1 is 1.28 bits per heavy atom. The van der Waals surface area contributed by atoms with Crippen LogP contribution in [0.1, 0.15) is 32.6 Å². The maximum atomic E-state index is 3.57. The molecule has 2 rings (SSSR count). The van der Waals surface area contributed by atoms with E-state index in [2.05, 4.69) is 51.3 Å². The van der Waals surface area contributed by atoms with Crippen molar-refractivity contribution < 1.29 is 0 Å². The molecule has 0 spiro atoms. The number of benzene rings is 1. The molecule has 3 heteroatoms. The van der Waals surface area contributed by atoms with E-state index in [0.29, 0.717) is 0 Å². The minimum atomic E-state index is 0.744. The van der Waals surface area contributed by atoms with Gasteiger partial charge in [-0.25, -0.2) is 0 Å². The van der Waals surface area contributed by atoms with Crippen molar-refractivity contribution in [1.82, 2.24) is 4.90 Å². The molecule has 1 aliphatic rings. The van der Waals surface area contributed by atoms with Crippen LogP contribution in [0.5, 0.6) is 0 Å². The van der Waals surface area contributed by atoms with Crippen LogP contribution in [0.4, 0.5) is 5.69 Å². The molecule has 0 aliphatic carbocycles. The van der Waals surface area contributed by atoms with Crippen LogP contribution < -0.4 is 5.32 Å². The molecule has 1 unspecified atom stereocenters. The Labute approximate surface area is 119 Å². The summed E-state index contributed by atoms with van der Waals surface area (Å²) in [6.07, 6.45) is 5.52. The SMILES string of the molecule is CC1CCCCCN1CCNc1ccccc1Br. The molecule has 1 N–H and O–H groups in total. The van der Waals surface area contributed by atoms with Crippen LogP contribution in [0.15, 0.2) is 28.7 Å². The van der Waals surface area contributed by atoms with E-state index in [1.54, 1.807) is 0 Å². The zero-order valence-electron chi connectivity index (χ0n) is 11.2. The van der Waals surface area contributed by atoms with Crippen molar-refractivity contribution in [3.05, 3.63) is 28.7 Å². The number of anilines is 1. The Morgan fingerprint density at radius 3 is 2.94 bits per heavy atom. The molecule has 1 saturated heterocycles. The number of rotatable bonds is 4. The fraction of sp³-hybridized carbons (Fsp3) is 0.600. The summed E-state index contributed by atoms with van der Waals surface area (Å²) in [6.45, 7) is 5.79. The van der Waals surface area contributed by atoms with Gasteiger partial charge in [-0.05, 0) is 54.4 Å². The number of halogens is 1. The van der Waals surface area contributed by atoms with E-state index in [1.807, 2.05) is 6.07 Å². The van der Waals surface area contributed by atoms with Crippen LogP contribution >= 0.6 is 15.9 Å². The maximum absolute atomic E-state index is 3.57. The standard InChI is InChI=1S/C15H23BrN2/c1-13-7-3-2-6-11-18(13)12-10-17-15-9-5-4-8-14(15)16/h4-5,8-9,13,17H,2-3,6-7,10-12H2,1H3. The molecule has 1 aromatic rings. The largest absolute Gasteiger partial charge is 0.383 e. The second-order valence-electron chi connectivity index (χ2n) is 5.14. The molecule has 2 nitrogen and oxygen atoms in total. The first-order valence-electron chi connectivity index (χ1n) is 7.00. The van der Waals surface area contributed by atoms with Crippen molar-refractivity contribution in [2.24, 2.45) is 0 Å². The van der Waals surface area contributed by atoms with E-state index >= 15 is 0 Å². The average Bonchev–Trinajstić information content (AvgIpc) is 2.57. The van der Waals surface area contributed by atoms with Crippen molar-refractivity contribution in [1.29, 1.82) is 0 Å². The fourth-order valence-corrected chi connectivity index (χ4v) is 3.03. The minimum Gasteiger partial charge on any atom is -0.383 e. The second kappa shape index (κ2) is 7.15. The lowest BCUT2D eigenvalue weighted by atomic mass is 10.1. The number of hydrogen-bond donors (Lipinski definition) is 1. The molecule has 0 amide bonds. The number of nitrogens with one attached hydrogen (secondary N) is 1. The molecule has 18 heavy (non-hydrogen) atoms. The number of likely N-dealkylation sites (tertiary alicyclic amines) is 1. The van der Waals surface area contributed by atoms with Gasteiger partial charge in [-0.1, -0.05) is 25.0 Å². The summed E-state index contributed by atoms with van der Waals surface area (Å²) < 4.78 is 1.15. The van der Waals surface area contributed by atoms with Crippen LogP contribution in [-0.2, 0) is 0 Å². The van der Waals surface area contributed by atoms with Crippen LogP contribution in [-0.4, -0.2) is 30.6 Å². The summed E-state index contributed by atoms with van der Waals surface area (Å²) in [5, 5.41) is 3.51. The molecule has 0 bridgehead atoms. The first kappa shape index (κ1) is 13.9. The summed E-state index contributed by atoms with van der Waals surface area (Å²) in [5.41, 5.74) is 1.19. The van der Waals surface area contributed by atoms with Crippen molar-refractivity contribution in [3.63, 3.8) is 0 Å². The molecule has 100 valence electrons. The van der Waals surface area contributed by atoms with E-state index in [0.717, 1.165) is 23.6 Å². The maximum Gasteiger partial charge on any atom is 0.0485 e. The van der Waals surface area contributed by atoms with Crippen LogP contribution in [0.25, 0.3) is 0 Å². The number of para-hydroxylation sites is 1. The highest BCUT2D eigenvalue weighted by atomic mass is 79.9. The molecule has 0 saturated carbocycles. The minimum absolute atomic E-state index is 0.744. The van der Waals surface area contributed by atoms with Gasteiger partial charge in [-0.15, -0.1) is 0 Å². The summed E-state index contributed by atoms with van der Waals surface area (Å²) in [7, 11) is 0. The zero-order chi connectivity index (χ0) is 12.8. The molecule has 0 radical (unpaired) electrons. The predicted molar refractivity (Wildman–Crippen MR) is 82.1 cm³/mol. The zero-order valence-corrected chi connectivity index (χ0v) is 12.7. The number of hydrogen-bond acceptors (Lipinski definition) is 2. The molecular formula is C15H23BrN2.